The van der Waals surface area contributed by atoms with Gasteiger partial charge in [0.05, 0.1) is 17.9 Å². The van der Waals surface area contributed by atoms with Crippen molar-refractivity contribution in [2.45, 2.75) is 13.0 Å². The topological polar surface area (TPSA) is 17.3 Å². The van der Waals surface area contributed by atoms with Gasteiger partial charge in [0, 0.05) is 17.5 Å². The Balaban J connectivity index is 1.68. The van der Waals surface area contributed by atoms with Gasteiger partial charge in [-0.15, -0.1) is 11.3 Å². The predicted molar refractivity (Wildman–Crippen MR) is 95.8 cm³/mol. The molecule has 3 aromatic rings. The third kappa shape index (κ3) is 2.45. The first-order valence-corrected chi connectivity index (χ1v) is 8.48. The summed E-state index contributed by atoms with van der Waals surface area (Å²) in [6.07, 6.45) is 0.919. The fourth-order valence-electron chi connectivity index (χ4n) is 2.79. The van der Waals surface area contributed by atoms with E-state index in [0.29, 0.717) is 0 Å². The van der Waals surface area contributed by atoms with Crippen LogP contribution in [0.15, 0.2) is 65.0 Å². The Morgan fingerprint density at radius 3 is 2.64 bits per heavy atom. The summed E-state index contributed by atoms with van der Waals surface area (Å²) in [4.78, 5) is 4.76. The van der Waals surface area contributed by atoms with Crippen molar-refractivity contribution in [1.82, 2.24) is 4.57 Å². The van der Waals surface area contributed by atoms with Gasteiger partial charge in [0.2, 0.25) is 0 Å². The maximum Gasteiger partial charge on any atom is 0.161 e. The molecule has 108 valence electrons. The van der Waals surface area contributed by atoms with Crippen LogP contribution in [-0.4, -0.2) is 10.3 Å². The van der Waals surface area contributed by atoms with Crippen LogP contribution in [0.5, 0.6) is 0 Å². The lowest BCUT2D eigenvalue weighted by Gasteiger charge is -2.08. The van der Waals surface area contributed by atoms with Crippen molar-refractivity contribution in [1.29, 1.82) is 0 Å². The van der Waals surface area contributed by atoms with Gasteiger partial charge >= 0.3 is 0 Å². The van der Waals surface area contributed by atoms with Gasteiger partial charge in [0.1, 0.15) is 0 Å². The van der Waals surface area contributed by atoms with E-state index >= 15 is 0 Å². The van der Waals surface area contributed by atoms with Crippen LogP contribution in [0, 0.1) is 3.95 Å². The van der Waals surface area contributed by atoms with Crippen molar-refractivity contribution < 1.29 is 0 Å². The second-order valence-corrected chi connectivity index (χ2v) is 6.83. The minimum absolute atomic E-state index is 0.765. The van der Waals surface area contributed by atoms with E-state index in [1.54, 1.807) is 11.3 Å². The Labute approximate surface area is 138 Å². The van der Waals surface area contributed by atoms with E-state index in [1.807, 2.05) is 12.1 Å². The number of aliphatic imine (C=N–C) groups is 1. The standard InChI is InChI=1S/C18H14N2S2/c21-18-20(17(12-22-18)13-6-2-1-3-7-13)11-15-10-14-8-4-5-9-16(14)19-15/h1-9,12H,10-11H2. The Kier molecular flexibility index (Phi) is 3.48. The Morgan fingerprint density at radius 2 is 1.82 bits per heavy atom. The first-order valence-electron chi connectivity index (χ1n) is 7.19. The number of nitrogens with zero attached hydrogens (tertiary/aromatic N) is 2. The molecule has 22 heavy (non-hydrogen) atoms. The zero-order chi connectivity index (χ0) is 14.9. The molecule has 1 aromatic heterocycles. The summed E-state index contributed by atoms with van der Waals surface area (Å²) < 4.78 is 3.09. The van der Waals surface area contributed by atoms with Crippen LogP contribution in [0.2, 0.25) is 0 Å². The van der Waals surface area contributed by atoms with Crippen molar-refractivity contribution in [3.8, 4) is 11.3 Å². The summed E-state index contributed by atoms with van der Waals surface area (Å²) in [7, 11) is 0. The quantitative estimate of drug-likeness (QED) is 0.600. The second-order valence-electron chi connectivity index (χ2n) is 5.32. The molecule has 0 atom stereocenters. The molecule has 0 N–H and O–H groups in total. The van der Waals surface area contributed by atoms with E-state index in [-0.39, 0.29) is 0 Å². The lowest BCUT2D eigenvalue weighted by atomic mass is 10.1. The number of hydrogen-bond acceptors (Lipinski definition) is 3. The van der Waals surface area contributed by atoms with Gasteiger partial charge in [-0.2, -0.15) is 0 Å². The van der Waals surface area contributed by atoms with Gasteiger partial charge in [0.15, 0.2) is 3.95 Å². The number of hydrogen-bond donors (Lipinski definition) is 0. The van der Waals surface area contributed by atoms with Crippen LogP contribution in [-0.2, 0) is 13.0 Å². The van der Waals surface area contributed by atoms with E-state index < -0.39 is 0 Å². The fraction of sp³-hybridized carbons (Fsp3) is 0.111. The molecular weight excluding hydrogens is 308 g/mol. The van der Waals surface area contributed by atoms with Crippen LogP contribution < -0.4 is 0 Å². The Bertz CT molecular complexity index is 904. The first kappa shape index (κ1) is 13.6. The molecule has 0 fully saturated rings. The minimum atomic E-state index is 0.765. The molecule has 0 amide bonds. The molecule has 0 saturated carbocycles. The van der Waals surface area contributed by atoms with Crippen LogP contribution in [0.1, 0.15) is 5.56 Å². The minimum Gasteiger partial charge on any atom is -0.317 e. The van der Waals surface area contributed by atoms with Gasteiger partial charge in [-0.3, -0.25) is 4.99 Å². The number of benzene rings is 2. The van der Waals surface area contributed by atoms with E-state index in [9.17, 15) is 0 Å². The molecule has 1 aliphatic heterocycles. The first-order chi connectivity index (χ1) is 10.8. The predicted octanol–water partition coefficient (Wildman–Crippen LogP) is 5.27. The molecule has 0 unspecified atom stereocenters. The van der Waals surface area contributed by atoms with Crippen molar-refractivity contribution >= 4 is 35.0 Å². The third-order valence-corrected chi connectivity index (χ3v) is 5.13. The van der Waals surface area contributed by atoms with Crippen molar-refractivity contribution in [3.63, 3.8) is 0 Å². The van der Waals surface area contributed by atoms with E-state index in [4.69, 9.17) is 17.2 Å². The number of fused-ring (bicyclic) bond motifs is 1. The molecule has 2 aromatic carbocycles. The highest BCUT2D eigenvalue weighted by Crippen LogP contribution is 2.29. The molecule has 0 saturated heterocycles. The highest BCUT2D eigenvalue weighted by atomic mass is 32.1. The molecule has 4 heteroatoms. The second kappa shape index (κ2) is 5.63. The van der Waals surface area contributed by atoms with Crippen molar-refractivity contribution in [2.75, 3.05) is 0 Å². The lowest BCUT2D eigenvalue weighted by Crippen LogP contribution is -2.11. The number of thiazole rings is 1. The summed E-state index contributed by atoms with van der Waals surface area (Å²) in [5.41, 5.74) is 5.95. The highest BCUT2D eigenvalue weighted by molar-refractivity contribution is 7.73. The number of rotatable bonds is 3. The number of para-hydroxylation sites is 1. The summed E-state index contributed by atoms with van der Waals surface area (Å²) in [6.45, 7) is 0.765. The van der Waals surface area contributed by atoms with Crippen LogP contribution >= 0.6 is 23.6 Å². The molecule has 0 spiro atoms. The monoisotopic (exact) mass is 322 g/mol. The zero-order valence-corrected chi connectivity index (χ0v) is 13.5. The van der Waals surface area contributed by atoms with Gasteiger partial charge in [-0.05, 0) is 29.4 Å². The summed E-state index contributed by atoms with van der Waals surface area (Å²) in [6, 6.07) is 18.7. The molecule has 0 aliphatic carbocycles. The lowest BCUT2D eigenvalue weighted by molar-refractivity contribution is 0.856. The van der Waals surface area contributed by atoms with Crippen molar-refractivity contribution in [2.24, 2.45) is 4.99 Å². The average molecular weight is 322 g/mol. The largest absolute Gasteiger partial charge is 0.317 e. The Hall–Kier alpha value is -2.04. The Morgan fingerprint density at radius 1 is 1.05 bits per heavy atom. The molecule has 2 nitrogen and oxygen atoms in total. The molecule has 0 bridgehead atoms. The fourth-order valence-corrected chi connectivity index (χ4v) is 3.86. The van der Waals surface area contributed by atoms with E-state index in [2.05, 4.69) is 52.4 Å². The van der Waals surface area contributed by atoms with E-state index in [1.165, 1.54) is 22.5 Å². The van der Waals surface area contributed by atoms with Gasteiger partial charge in [-0.1, -0.05) is 48.5 Å². The van der Waals surface area contributed by atoms with Gasteiger partial charge < -0.3 is 4.57 Å². The normalized spacial score (nSPS) is 13.0. The molecule has 2 heterocycles. The smallest absolute Gasteiger partial charge is 0.161 e. The van der Waals surface area contributed by atoms with Gasteiger partial charge in [0.25, 0.3) is 0 Å². The molecule has 0 radical (unpaired) electrons. The summed E-state index contributed by atoms with van der Waals surface area (Å²) in [5.74, 6) is 0. The number of aromatic nitrogens is 1. The summed E-state index contributed by atoms with van der Waals surface area (Å²) in [5, 5.41) is 2.14. The van der Waals surface area contributed by atoms with Gasteiger partial charge in [-0.25, -0.2) is 0 Å². The maximum atomic E-state index is 5.52. The third-order valence-electron chi connectivity index (χ3n) is 3.86. The summed E-state index contributed by atoms with van der Waals surface area (Å²) >= 11 is 7.14. The molecule has 4 rings (SSSR count). The van der Waals surface area contributed by atoms with E-state index in [0.717, 1.165) is 22.6 Å². The SMILES string of the molecule is S=c1scc(-c2ccccc2)n1CC1=Nc2ccccc2C1. The maximum absolute atomic E-state index is 5.52. The van der Waals surface area contributed by atoms with Crippen molar-refractivity contribution in [3.05, 3.63) is 69.5 Å². The average Bonchev–Trinajstić information content (AvgIpc) is 3.12. The van der Waals surface area contributed by atoms with Crippen LogP contribution in [0.25, 0.3) is 11.3 Å². The van der Waals surface area contributed by atoms with Crippen LogP contribution in [0.4, 0.5) is 5.69 Å². The highest BCUT2D eigenvalue weighted by Gasteiger charge is 2.16. The molecular formula is C18H14N2S2. The van der Waals surface area contributed by atoms with Crippen LogP contribution in [0.3, 0.4) is 0 Å². The molecule has 1 aliphatic rings. The zero-order valence-electron chi connectivity index (χ0n) is 11.9.